The van der Waals surface area contributed by atoms with Crippen LogP contribution in [-0.2, 0) is 14.4 Å². The Bertz CT molecular complexity index is 244. The van der Waals surface area contributed by atoms with Crippen molar-refractivity contribution >= 4 is 55.6 Å². The molecule has 0 heterocycles. The quantitative estimate of drug-likeness (QED) is 0.497. The topological polar surface area (TPSA) is 141 Å². The molecule has 0 aliphatic carbocycles. The van der Waals surface area contributed by atoms with E-state index in [4.69, 9.17) is 5.11 Å². The number of carboxylic acids is 3. The van der Waals surface area contributed by atoms with Crippen molar-refractivity contribution in [3.8, 4) is 0 Å². The van der Waals surface area contributed by atoms with Gasteiger partial charge >= 0.3 is 126 Å². The van der Waals surface area contributed by atoms with Crippen LogP contribution in [0, 0.1) is 0 Å². The Morgan fingerprint density at radius 2 is 1.12 bits per heavy atom. The van der Waals surface area contributed by atoms with Gasteiger partial charge in [-0.15, -0.1) is 0 Å². The molecular formula is C6H5CaNa3O7+2. The minimum Gasteiger partial charge on any atom is -0.550 e. The summed E-state index contributed by atoms with van der Waals surface area (Å²) >= 11 is 0. The molecule has 11 heteroatoms. The molecule has 0 aliphatic heterocycles. The Hall–Kier alpha value is 2.63. The molecule has 17 heavy (non-hydrogen) atoms. The maximum absolute atomic E-state index is 10.1. The largest absolute Gasteiger partial charge is 2.00 e. The minimum atomic E-state index is -2.97. The van der Waals surface area contributed by atoms with E-state index in [1.54, 1.807) is 0 Å². The first-order chi connectivity index (χ1) is 5.78. The summed E-state index contributed by atoms with van der Waals surface area (Å²) in [5.74, 6) is -5.98. The van der Waals surface area contributed by atoms with Gasteiger partial charge in [-0.1, -0.05) is 0 Å². The first-order valence-electron chi connectivity index (χ1n) is 3.11. The Labute approximate surface area is 194 Å². The summed E-state index contributed by atoms with van der Waals surface area (Å²) in [5, 5.41) is 38.9. The van der Waals surface area contributed by atoms with Crippen molar-refractivity contribution in [2.24, 2.45) is 0 Å². The summed E-state index contributed by atoms with van der Waals surface area (Å²) in [4.78, 5) is 30.0. The molecule has 0 radical (unpaired) electrons. The van der Waals surface area contributed by atoms with E-state index in [1.165, 1.54) is 0 Å². The van der Waals surface area contributed by atoms with Crippen LogP contribution in [-0.4, -0.2) is 66.4 Å². The predicted octanol–water partition coefficient (Wildman–Crippen LogP) is -14.6. The molecule has 0 aromatic rings. The standard InChI is InChI=1S/C6H8O7.Ca.3Na/c7-3(8)1-6(13,5(11)12)2-4(9)10;;;;/h13H,1-2H2,(H,7,8)(H,9,10)(H,11,12);;;;/q;+2;3*+1/p-3. The zero-order chi connectivity index (χ0) is 10.6. The average Bonchev–Trinajstić information content (AvgIpc) is 1.82. The first kappa shape index (κ1) is 31.8. The third kappa shape index (κ3) is 14.8. The molecule has 0 rings (SSSR count). The van der Waals surface area contributed by atoms with Crippen molar-refractivity contribution in [3.63, 3.8) is 0 Å². The summed E-state index contributed by atoms with van der Waals surface area (Å²) in [6.07, 6.45) is -2.72. The van der Waals surface area contributed by atoms with E-state index >= 15 is 0 Å². The van der Waals surface area contributed by atoms with Gasteiger partial charge in [0.25, 0.3) is 0 Å². The zero-order valence-corrected chi connectivity index (χ0v) is 18.2. The summed E-state index contributed by atoms with van der Waals surface area (Å²) in [7, 11) is 0. The van der Waals surface area contributed by atoms with Crippen LogP contribution in [0.25, 0.3) is 0 Å². The van der Waals surface area contributed by atoms with Gasteiger partial charge in [0, 0.05) is 24.8 Å². The molecule has 7 nitrogen and oxygen atoms in total. The second-order valence-electron chi connectivity index (χ2n) is 2.42. The molecule has 74 valence electrons. The van der Waals surface area contributed by atoms with Gasteiger partial charge in [0.05, 0.1) is 5.97 Å². The van der Waals surface area contributed by atoms with Crippen LogP contribution < -0.4 is 104 Å². The summed E-state index contributed by atoms with van der Waals surface area (Å²) in [6, 6.07) is 0. The second kappa shape index (κ2) is 15.0. The SMILES string of the molecule is O=C([O-])CC(O)(CC(=O)[O-])C(=O)[O-].[Ca+2].[Na+].[Na+].[Na+]. The Morgan fingerprint density at radius 3 is 1.24 bits per heavy atom. The molecule has 0 saturated heterocycles. The van der Waals surface area contributed by atoms with E-state index in [0.717, 1.165) is 0 Å². The van der Waals surface area contributed by atoms with Crippen molar-refractivity contribution in [2.45, 2.75) is 18.4 Å². The normalized spacial score (nSPS) is 8.29. The third-order valence-electron chi connectivity index (χ3n) is 1.25. The second-order valence-corrected chi connectivity index (χ2v) is 2.42. The van der Waals surface area contributed by atoms with Gasteiger partial charge in [0.2, 0.25) is 0 Å². The zero-order valence-electron chi connectivity index (χ0n) is 10.0. The van der Waals surface area contributed by atoms with Gasteiger partial charge in [0.1, 0.15) is 5.60 Å². The summed E-state index contributed by atoms with van der Waals surface area (Å²) in [5.41, 5.74) is -2.97. The van der Waals surface area contributed by atoms with Gasteiger partial charge in [-0.3, -0.25) is 0 Å². The van der Waals surface area contributed by atoms with E-state index in [9.17, 15) is 29.7 Å². The number of hydrogen-bond donors (Lipinski definition) is 1. The fourth-order valence-corrected chi connectivity index (χ4v) is 0.684. The fourth-order valence-electron chi connectivity index (χ4n) is 0.684. The van der Waals surface area contributed by atoms with Crippen molar-refractivity contribution in [3.05, 3.63) is 0 Å². The first-order valence-corrected chi connectivity index (χ1v) is 3.11. The van der Waals surface area contributed by atoms with Gasteiger partial charge in [0.15, 0.2) is 0 Å². The van der Waals surface area contributed by atoms with Crippen LogP contribution in [0.3, 0.4) is 0 Å². The van der Waals surface area contributed by atoms with Crippen LogP contribution in [0.15, 0.2) is 0 Å². The number of aliphatic hydroxyl groups is 1. The number of carbonyl (C=O) groups is 3. The van der Waals surface area contributed by atoms with Crippen molar-refractivity contribution in [1.29, 1.82) is 0 Å². The van der Waals surface area contributed by atoms with Crippen LogP contribution in [0.4, 0.5) is 0 Å². The predicted molar refractivity (Wildman–Crippen MR) is 35.0 cm³/mol. The number of hydrogen-bond acceptors (Lipinski definition) is 7. The number of carboxylic acid groups (broad SMARTS) is 3. The third-order valence-corrected chi connectivity index (χ3v) is 1.25. The monoisotopic (exact) mass is 298 g/mol. The molecular weight excluding hydrogens is 293 g/mol. The Kier molecular flexibility index (Phi) is 28.1. The van der Waals surface area contributed by atoms with Crippen molar-refractivity contribution in [2.75, 3.05) is 0 Å². The van der Waals surface area contributed by atoms with Crippen molar-refractivity contribution < 1.29 is 123 Å². The number of aliphatic carboxylic acids is 3. The van der Waals surface area contributed by atoms with E-state index in [0.29, 0.717) is 0 Å². The van der Waals surface area contributed by atoms with Crippen LogP contribution in [0.2, 0.25) is 0 Å². The molecule has 1 N–H and O–H groups in total. The molecule has 0 amide bonds. The van der Waals surface area contributed by atoms with E-state index in [2.05, 4.69) is 0 Å². The molecule has 0 aromatic carbocycles. The van der Waals surface area contributed by atoms with Gasteiger partial charge in [-0.25, -0.2) is 0 Å². The van der Waals surface area contributed by atoms with Crippen LogP contribution in [0.1, 0.15) is 12.8 Å². The average molecular weight is 298 g/mol. The maximum atomic E-state index is 10.1. The number of carbonyl (C=O) groups excluding carboxylic acids is 3. The Morgan fingerprint density at radius 1 is 0.882 bits per heavy atom. The van der Waals surface area contributed by atoms with Crippen LogP contribution in [0.5, 0.6) is 0 Å². The minimum absolute atomic E-state index is 0. The molecule has 0 saturated carbocycles. The van der Waals surface area contributed by atoms with Gasteiger partial charge in [-0.2, -0.15) is 0 Å². The molecule has 0 unspecified atom stereocenters. The molecule has 0 aromatic heterocycles. The Balaban J connectivity index is -0.000000120. The number of rotatable bonds is 5. The van der Waals surface area contributed by atoms with E-state index in [1.807, 2.05) is 0 Å². The summed E-state index contributed by atoms with van der Waals surface area (Å²) in [6.45, 7) is 0. The van der Waals surface area contributed by atoms with Crippen LogP contribution >= 0.6 is 0 Å². The molecule has 0 bridgehead atoms. The molecule has 0 atom stereocenters. The van der Waals surface area contributed by atoms with E-state index < -0.39 is 36.4 Å². The van der Waals surface area contributed by atoms with E-state index in [-0.39, 0.29) is 126 Å². The molecule has 0 fully saturated rings. The fraction of sp³-hybridized carbons (Fsp3) is 0.500. The molecule has 0 spiro atoms. The molecule has 0 aliphatic rings. The van der Waals surface area contributed by atoms with Crippen molar-refractivity contribution in [1.82, 2.24) is 0 Å². The van der Waals surface area contributed by atoms with Gasteiger partial charge < -0.3 is 34.8 Å². The maximum Gasteiger partial charge on any atom is 2.00 e. The van der Waals surface area contributed by atoms with Gasteiger partial charge in [-0.05, 0) is 0 Å². The smallest absolute Gasteiger partial charge is 0.550 e. The summed E-state index contributed by atoms with van der Waals surface area (Å²) < 4.78 is 0.